The zero-order valence-electron chi connectivity index (χ0n) is 10.7. The maximum absolute atomic E-state index is 12.1. The van der Waals surface area contributed by atoms with Crippen molar-refractivity contribution in [2.24, 2.45) is 0 Å². The van der Waals surface area contributed by atoms with Crippen LogP contribution in [0.5, 0.6) is 0 Å². The fourth-order valence-corrected chi connectivity index (χ4v) is 2.95. The molecule has 0 atom stereocenters. The fraction of sp³-hybridized carbons (Fsp3) is 0.182. The van der Waals surface area contributed by atoms with E-state index in [4.69, 9.17) is 0 Å². The van der Waals surface area contributed by atoms with Gasteiger partial charge in [0.15, 0.2) is 0 Å². The van der Waals surface area contributed by atoms with E-state index >= 15 is 0 Å². The molecule has 9 heteroatoms. The number of nitrogens with one attached hydrogen (secondary N) is 2. The molecule has 0 aliphatic rings. The number of hydrogen-bond acceptors (Lipinski definition) is 5. The Hall–Kier alpha value is -2.42. The van der Waals surface area contributed by atoms with Gasteiger partial charge in [-0.05, 0) is 25.5 Å². The van der Waals surface area contributed by atoms with E-state index in [1.54, 1.807) is 13.8 Å². The Labute approximate surface area is 115 Å². The van der Waals surface area contributed by atoms with E-state index < -0.39 is 14.9 Å². The summed E-state index contributed by atoms with van der Waals surface area (Å²) in [5.41, 5.74) is 1.07. The van der Waals surface area contributed by atoms with Crippen molar-refractivity contribution in [2.45, 2.75) is 18.7 Å². The lowest BCUT2D eigenvalue weighted by molar-refractivity contribution is -0.384. The molecular formula is C11H12N4O4S. The second-order valence-corrected chi connectivity index (χ2v) is 5.87. The average molecular weight is 296 g/mol. The standard InChI is InChI=1S/C11H12N4O4S/c1-7-5-9(15(16)17)3-4-10(7)14-20(18,19)11-6-12-13-8(11)2/h3-6,14H,1-2H3,(H,12,13). The number of rotatable bonds is 4. The molecule has 0 saturated heterocycles. The lowest BCUT2D eigenvalue weighted by Crippen LogP contribution is -2.14. The van der Waals surface area contributed by atoms with Crippen molar-refractivity contribution in [3.05, 3.63) is 45.8 Å². The molecule has 1 aromatic heterocycles. The highest BCUT2D eigenvalue weighted by molar-refractivity contribution is 7.92. The van der Waals surface area contributed by atoms with Crippen LogP contribution in [-0.2, 0) is 10.0 Å². The van der Waals surface area contributed by atoms with Crippen molar-refractivity contribution < 1.29 is 13.3 Å². The van der Waals surface area contributed by atoms with Crippen LogP contribution in [0.3, 0.4) is 0 Å². The summed E-state index contributed by atoms with van der Waals surface area (Å²) in [5, 5.41) is 16.8. The molecule has 0 fully saturated rings. The molecule has 0 spiro atoms. The third-order valence-corrected chi connectivity index (χ3v) is 4.22. The molecule has 0 unspecified atom stereocenters. The van der Waals surface area contributed by atoms with Crippen LogP contribution in [0.4, 0.5) is 11.4 Å². The zero-order valence-corrected chi connectivity index (χ0v) is 11.6. The first-order chi connectivity index (χ1) is 9.31. The molecule has 1 aromatic carbocycles. The molecule has 0 saturated carbocycles. The monoisotopic (exact) mass is 296 g/mol. The average Bonchev–Trinajstić information content (AvgIpc) is 2.78. The van der Waals surface area contributed by atoms with Crippen LogP contribution in [0.25, 0.3) is 0 Å². The number of benzene rings is 1. The molecule has 0 amide bonds. The molecule has 2 N–H and O–H groups in total. The second-order valence-electron chi connectivity index (χ2n) is 4.22. The Balaban J connectivity index is 2.36. The molecule has 0 aliphatic heterocycles. The first-order valence-corrected chi connectivity index (χ1v) is 7.07. The van der Waals surface area contributed by atoms with Crippen molar-refractivity contribution in [3.8, 4) is 0 Å². The summed E-state index contributed by atoms with van der Waals surface area (Å²) in [4.78, 5) is 10.1. The third kappa shape index (κ3) is 2.62. The summed E-state index contributed by atoms with van der Waals surface area (Å²) in [5.74, 6) is 0. The first kappa shape index (κ1) is 14.0. The topological polar surface area (TPSA) is 118 Å². The van der Waals surface area contributed by atoms with E-state index in [1.165, 1.54) is 24.4 Å². The minimum atomic E-state index is -3.77. The fourth-order valence-electron chi connectivity index (χ4n) is 1.69. The van der Waals surface area contributed by atoms with Crippen LogP contribution >= 0.6 is 0 Å². The van der Waals surface area contributed by atoms with Gasteiger partial charge >= 0.3 is 0 Å². The van der Waals surface area contributed by atoms with Crippen molar-refractivity contribution in [1.82, 2.24) is 10.2 Å². The second kappa shape index (κ2) is 4.93. The van der Waals surface area contributed by atoms with Crippen molar-refractivity contribution in [2.75, 3.05) is 4.72 Å². The van der Waals surface area contributed by atoms with Crippen LogP contribution in [0.1, 0.15) is 11.3 Å². The summed E-state index contributed by atoms with van der Waals surface area (Å²) in [6.45, 7) is 3.18. The molecule has 0 aliphatic carbocycles. The Kier molecular flexibility index (Phi) is 3.45. The predicted octanol–water partition coefficient (Wildman–Crippen LogP) is 1.74. The Morgan fingerprint density at radius 1 is 1.35 bits per heavy atom. The number of aryl methyl sites for hydroxylation is 2. The number of nitro benzene ring substituents is 1. The number of sulfonamides is 1. The molecule has 1 heterocycles. The highest BCUT2D eigenvalue weighted by atomic mass is 32.2. The number of nitro groups is 1. The minimum Gasteiger partial charge on any atom is -0.281 e. The molecular weight excluding hydrogens is 284 g/mol. The number of non-ortho nitro benzene ring substituents is 1. The summed E-state index contributed by atoms with van der Waals surface area (Å²) < 4.78 is 26.7. The van der Waals surface area contributed by atoms with E-state index in [0.717, 1.165) is 0 Å². The molecule has 2 rings (SSSR count). The lowest BCUT2D eigenvalue weighted by atomic mass is 10.2. The molecule has 2 aromatic rings. The van der Waals surface area contributed by atoms with Crippen LogP contribution in [0.15, 0.2) is 29.3 Å². The number of aromatic amines is 1. The number of H-pyrrole nitrogens is 1. The van der Waals surface area contributed by atoms with Gasteiger partial charge in [-0.15, -0.1) is 0 Å². The van der Waals surface area contributed by atoms with E-state index in [1.807, 2.05) is 0 Å². The smallest absolute Gasteiger partial charge is 0.269 e. The largest absolute Gasteiger partial charge is 0.281 e. The third-order valence-electron chi connectivity index (χ3n) is 2.74. The molecule has 0 radical (unpaired) electrons. The maximum atomic E-state index is 12.1. The van der Waals surface area contributed by atoms with E-state index in [0.29, 0.717) is 11.3 Å². The Morgan fingerprint density at radius 2 is 2.05 bits per heavy atom. The van der Waals surface area contributed by atoms with Gasteiger partial charge in [-0.1, -0.05) is 0 Å². The molecule has 20 heavy (non-hydrogen) atoms. The van der Waals surface area contributed by atoms with Crippen LogP contribution in [0.2, 0.25) is 0 Å². The minimum absolute atomic E-state index is 0.0373. The lowest BCUT2D eigenvalue weighted by Gasteiger charge is -2.09. The van der Waals surface area contributed by atoms with Crippen molar-refractivity contribution >= 4 is 21.4 Å². The Bertz CT molecular complexity index is 766. The molecule has 106 valence electrons. The van der Waals surface area contributed by atoms with Gasteiger partial charge in [0.05, 0.1) is 22.5 Å². The number of hydrogen-bond donors (Lipinski definition) is 2. The highest BCUT2D eigenvalue weighted by Crippen LogP contribution is 2.24. The maximum Gasteiger partial charge on any atom is 0.269 e. The predicted molar refractivity (Wildman–Crippen MR) is 72.0 cm³/mol. The Morgan fingerprint density at radius 3 is 2.55 bits per heavy atom. The quantitative estimate of drug-likeness (QED) is 0.658. The normalized spacial score (nSPS) is 11.3. The molecule has 8 nitrogen and oxygen atoms in total. The zero-order chi connectivity index (χ0) is 14.9. The van der Waals surface area contributed by atoms with Crippen molar-refractivity contribution in [1.29, 1.82) is 0 Å². The van der Waals surface area contributed by atoms with Gasteiger partial charge in [0.25, 0.3) is 15.7 Å². The number of anilines is 1. The van der Waals surface area contributed by atoms with Gasteiger partial charge in [-0.3, -0.25) is 19.9 Å². The summed E-state index contributed by atoms with van der Waals surface area (Å²) >= 11 is 0. The molecule has 0 bridgehead atoms. The number of nitrogens with zero attached hydrogens (tertiary/aromatic N) is 2. The van der Waals surface area contributed by atoms with Gasteiger partial charge in [-0.25, -0.2) is 8.42 Å². The summed E-state index contributed by atoms with van der Waals surface area (Å²) in [7, 11) is -3.77. The number of aromatic nitrogens is 2. The first-order valence-electron chi connectivity index (χ1n) is 5.59. The van der Waals surface area contributed by atoms with Gasteiger partial charge in [0, 0.05) is 12.1 Å². The van der Waals surface area contributed by atoms with Gasteiger partial charge in [-0.2, -0.15) is 5.10 Å². The van der Waals surface area contributed by atoms with Gasteiger partial charge in [0.1, 0.15) is 4.90 Å². The summed E-state index contributed by atoms with van der Waals surface area (Å²) in [6.07, 6.45) is 1.21. The van der Waals surface area contributed by atoms with E-state index in [2.05, 4.69) is 14.9 Å². The highest BCUT2D eigenvalue weighted by Gasteiger charge is 2.20. The van der Waals surface area contributed by atoms with E-state index in [-0.39, 0.29) is 16.3 Å². The van der Waals surface area contributed by atoms with Crippen LogP contribution < -0.4 is 4.72 Å². The van der Waals surface area contributed by atoms with E-state index in [9.17, 15) is 18.5 Å². The summed E-state index contributed by atoms with van der Waals surface area (Å²) in [6, 6.07) is 3.91. The van der Waals surface area contributed by atoms with Gasteiger partial charge in [0.2, 0.25) is 0 Å². The van der Waals surface area contributed by atoms with Crippen molar-refractivity contribution in [3.63, 3.8) is 0 Å². The SMILES string of the molecule is Cc1cc([N+](=O)[O-])ccc1NS(=O)(=O)c1cn[nH]c1C. The van der Waals surface area contributed by atoms with Crippen LogP contribution in [0, 0.1) is 24.0 Å². The van der Waals surface area contributed by atoms with Crippen LogP contribution in [-0.4, -0.2) is 23.5 Å². The van der Waals surface area contributed by atoms with Gasteiger partial charge < -0.3 is 0 Å².